The largest absolute Gasteiger partial charge is 0.491 e. The lowest BCUT2D eigenvalue weighted by molar-refractivity contribution is -0.158. The van der Waals surface area contributed by atoms with E-state index in [0.29, 0.717) is 44.8 Å². The van der Waals surface area contributed by atoms with Crippen molar-refractivity contribution in [2.24, 2.45) is 5.73 Å². The number of rotatable bonds is 12. The Bertz CT molecular complexity index is 599. The van der Waals surface area contributed by atoms with Gasteiger partial charge < -0.3 is 35.1 Å². The molecule has 166 valence electrons. The van der Waals surface area contributed by atoms with Crippen LogP contribution in [0.25, 0.3) is 0 Å². The minimum Gasteiger partial charge on any atom is -0.491 e. The topological polar surface area (TPSA) is 112 Å². The lowest BCUT2D eigenvalue weighted by Crippen LogP contribution is -2.34. The SMILES string of the molecule is CC1(C)OC[C@@H](COC(=O)CCc2ccc(OC[C@@H](O)CNCCN)cc2)O1.Cl. The second kappa shape index (κ2) is 13.0. The van der Waals surface area contributed by atoms with Gasteiger partial charge in [-0.25, -0.2) is 0 Å². The number of ether oxygens (including phenoxy) is 4. The number of halogens is 1. The van der Waals surface area contributed by atoms with E-state index >= 15 is 0 Å². The molecule has 0 unspecified atom stereocenters. The van der Waals surface area contributed by atoms with E-state index in [1.165, 1.54) is 0 Å². The number of aliphatic hydroxyl groups excluding tert-OH is 1. The molecule has 0 aromatic heterocycles. The summed E-state index contributed by atoms with van der Waals surface area (Å²) in [6, 6.07) is 7.45. The average Bonchev–Trinajstić information content (AvgIpc) is 3.03. The third-order valence-corrected chi connectivity index (χ3v) is 4.18. The van der Waals surface area contributed by atoms with E-state index in [4.69, 9.17) is 24.7 Å². The summed E-state index contributed by atoms with van der Waals surface area (Å²) in [5.41, 5.74) is 6.39. The fourth-order valence-electron chi connectivity index (χ4n) is 2.72. The Balaban J connectivity index is 0.00000420. The molecule has 1 aromatic rings. The van der Waals surface area contributed by atoms with Crippen molar-refractivity contribution >= 4 is 18.4 Å². The van der Waals surface area contributed by atoms with Crippen molar-refractivity contribution in [3.05, 3.63) is 29.8 Å². The summed E-state index contributed by atoms with van der Waals surface area (Å²) in [5, 5.41) is 12.8. The first-order valence-corrected chi connectivity index (χ1v) is 9.66. The molecule has 1 saturated heterocycles. The summed E-state index contributed by atoms with van der Waals surface area (Å²) >= 11 is 0. The molecule has 0 bridgehead atoms. The molecule has 0 spiro atoms. The number of nitrogens with two attached hydrogens (primary N) is 1. The predicted octanol–water partition coefficient (Wildman–Crippen LogP) is 1.02. The third-order valence-electron chi connectivity index (χ3n) is 4.18. The molecule has 2 atom stereocenters. The van der Waals surface area contributed by atoms with Gasteiger partial charge in [0.1, 0.15) is 31.2 Å². The number of hydrogen-bond donors (Lipinski definition) is 3. The minimum atomic E-state index is -0.613. The van der Waals surface area contributed by atoms with Gasteiger partial charge in [-0.15, -0.1) is 12.4 Å². The van der Waals surface area contributed by atoms with E-state index in [1.807, 2.05) is 38.1 Å². The summed E-state index contributed by atoms with van der Waals surface area (Å²) in [4.78, 5) is 11.9. The van der Waals surface area contributed by atoms with Gasteiger partial charge in [0.2, 0.25) is 0 Å². The summed E-state index contributed by atoms with van der Waals surface area (Å²) in [5.74, 6) is -0.204. The van der Waals surface area contributed by atoms with Gasteiger partial charge in [0.05, 0.1) is 6.61 Å². The molecule has 8 nitrogen and oxygen atoms in total. The van der Waals surface area contributed by atoms with Crippen molar-refractivity contribution in [3.8, 4) is 5.75 Å². The van der Waals surface area contributed by atoms with Gasteiger partial charge in [-0.1, -0.05) is 12.1 Å². The third kappa shape index (κ3) is 10.3. The molecule has 1 heterocycles. The van der Waals surface area contributed by atoms with Crippen LogP contribution in [0.4, 0.5) is 0 Å². The van der Waals surface area contributed by atoms with Crippen LogP contribution in [-0.2, 0) is 25.4 Å². The molecule has 2 rings (SSSR count). The molecule has 0 amide bonds. The van der Waals surface area contributed by atoms with Gasteiger partial charge in [-0.3, -0.25) is 4.79 Å². The maximum absolute atomic E-state index is 11.9. The lowest BCUT2D eigenvalue weighted by atomic mass is 10.1. The average molecular weight is 433 g/mol. The van der Waals surface area contributed by atoms with Gasteiger partial charge in [0.15, 0.2) is 5.79 Å². The number of aliphatic hydroxyl groups is 1. The van der Waals surface area contributed by atoms with Crippen LogP contribution in [0.5, 0.6) is 5.75 Å². The molecule has 0 saturated carbocycles. The van der Waals surface area contributed by atoms with Gasteiger partial charge in [0.25, 0.3) is 0 Å². The van der Waals surface area contributed by atoms with Crippen LogP contribution in [0.2, 0.25) is 0 Å². The van der Waals surface area contributed by atoms with E-state index in [2.05, 4.69) is 5.32 Å². The summed E-state index contributed by atoms with van der Waals surface area (Å²) in [6.45, 7) is 6.14. The molecule has 29 heavy (non-hydrogen) atoms. The number of carbonyl (C=O) groups is 1. The minimum absolute atomic E-state index is 0. The lowest BCUT2D eigenvalue weighted by Gasteiger charge is -2.17. The molecule has 1 fully saturated rings. The van der Waals surface area contributed by atoms with Crippen LogP contribution in [0, 0.1) is 0 Å². The highest BCUT2D eigenvalue weighted by Crippen LogP contribution is 2.22. The highest BCUT2D eigenvalue weighted by Gasteiger charge is 2.33. The Morgan fingerprint density at radius 1 is 1.38 bits per heavy atom. The van der Waals surface area contributed by atoms with Crippen LogP contribution in [0.15, 0.2) is 24.3 Å². The van der Waals surface area contributed by atoms with Gasteiger partial charge in [-0.05, 0) is 38.0 Å². The first-order chi connectivity index (χ1) is 13.4. The summed E-state index contributed by atoms with van der Waals surface area (Å²) in [6.07, 6.45) is 0.0677. The first-order valence-electron chi connectivity index (χ1n) is 9.66. The van der Waals surface area contributed by atoms with Gasteiger partial charge in [-0.2, -0.15) is 0 Å². The van der Waals surface area contributed by atoms with Crippen LogP contribution in [-0.4, -0.2) is 68.5 Å². The van der Waals surface area contributed by atoms with Crippen molar-refractivity contribution in [1.82, 2.24) is 5.32 Å². The van der Waals surface area contributed by atoms with Crippen molar-refractivity contribution < 1.29 is 28.8 Å². The van der Waals surface area contributed by atoms with Crippen molar-refractivity contribution in [1.29, 1.82) is 0 Å². The molecule has 0 aliphatic carbocycles. The molecule has 9 heteroatoms. The highest BCUT2D eigenvalue weighted by atomic mass is 35.5. The predicted molar refractivity (Wildman–Crippen MR) is 111 cm³/mol. The van der Waals surface area contributed by atoms with E-state index in [-0.39, 0.29) is 37.7 Å². The Morgan fingerprint density at radius 2 is 2.10 bits per heavy atom. The summed E-state index contributed by atoms with van der Waals surface area (Å²) in [7, 11) is 0. The van der Waals surface area contributed by atoms with Crippen molar-refractivity contribution in [3.63, 3.8) is 0 Å². The molecule has 1 aromatic carbocycles. The van der Waals surface area contributed by atoms with Crippen molar-refractivity contribution in [2.45, 2.75) is 44.7 Å². The van der Waals surface area contributed by atoms with Crippen LogP contribution >= 0.6 is 12.4 Å². The second-order valence-corrected chi connectivity index (χ2v) is 7.24. The molecule has 0 radical (unpaired) electrons. The van der Waals surface area contributed by atoms with Crippen LogP contribution in [0.3, 0.4) is 0 Å². The number of esters is 1. The fourth-order valence-corrected chi connectivity index (χ4v) is 2.72. The maximum Gasteiger partial charge on any atom is 0.306 e. The molecular formula is C20H33ClN2O6. The maximum atomic E-state index is 11.9. The zero-order chi connectivity index (χ0) is 20.4. The standard InChI is InChI=1S/C20H32N2O6.ClH/c1-20(2)27-14-18(28-20)13-26-19(24)8-5-15-3-6-17(7-4-15)25-12-16(23)11-22-10-9-21;/h3-4,6-7,16,18,22-23H,5,8-14,21H2,1-2H3;1H/t16-,18+;/m0./s1. The quantitative estimate of drug-likeness (QED) is 0.331. The normalized spacial score (nSPS) is 18.7. The summed E-state index contributed by atoms with van der Waals surface area (Å²) < 4.78 is 21.8. The number of carbonyl (C=O) groups excluding carboxylic acids is 1. The second-order valence-electron chi connectivity index (χ2n) is 7.24. The number of aryl methyl sites for hydroxylation is 1. The number of nitrogens with one attached hydrogen (secondary N) is 1. The smallest absolute Gasteiger partial charge is 0.306 e. The van der Waals surface area contributed by atoms with E-state index in [9.17, 15) is 9.90 Å². The molecule has 1 aliphatic heterocycles. The van der Waals surface area contributed by atoms with Crippen molar-refractivity contribution in [2.75, 3.05) is 39.5 Å². The number of hydrogen-bond acceptors (Lipinski definition) is 8. The van der Waals surface area contributed by atoms with Crippen LogP contribution < -0.4 is 15.8 Å². The van der Waals surface area contributed by atoms with Gasteiger partial charge in [0, 0.05) is 26.1 Å². The monoisotopic (exact) mass is 432 g/mol. The zero-order valence-corrected chi connectivity index (χ0v) is 17.9. The zero-order valence-electron chi connectivity index (χ0n) is 17.1. The Hall–Kier alpha value is -1.42. The van der Waals surface area contributed by atoms with E-state index in [0.717, 1.165) is 5.56 Å². The first kappa shape index (κ1) is 25.6. The Kier molecular flexibility index (Phi) is 11.5. The molecule has 4 N–H and O–H groups in total. The van der Waals surface area contributed by atoms with E-state index in [1.54, 1.807) is 0 Å². The number of benzene rings is 1. The Labute approximate surface area is 178 Å². The fraction of sp³-hybridized carbons (Fsp3) is 0.650. The molecule has 1 aliphatic rings. The van der Waals surface area contributed by atoms with Crippen LogP contribution in [0.1, 0.15) is 25.8 Å². The van der Waals surface area contributed by atoms with Gasteiger partial charge >= 0.3 is 5.97 Å². The van der Waals surface area contributed by atoms with E-state index < -0.39 is 11.9 Å². The Morgan fingerprint density at radius 3 is 2.72 bits per heavy atom. The highest BCUT2D eigenvalue weighted by molar-refractivity contribution is 5.85. The molecular weight excluding hydrogens is 400 g/mol.